The topological polar surface area (TPSA) is 70.0 Å². The summed E-state index contributed by atoms with van der Waals surface area (Å²) in [6.07, 6.45) is 0. The van der Waals surface area contributed by atoms with Gasteiger partial charge in [-0.05, 0) is 49.2 Å². The van der Waals surface area contributed by atoms with Crippen molar-refractivity contribution in [1.29, 1.82) is 5.26 Å². The molecule has 4 nitrogen and oxygen atoms in total. The molecule has 0 aliphatic rings. The van der Waals surface area contributed by atoms with Crippen LogP contribution in [0.15, 0.2) is 87.6 Å². The average Bonchev–Trinajstić information content (AvgIpc) is 2.76. The van der Waals surface area contributed by atoms with E-state index in [1.54, 1.807) is 30.3 Å². The van der Waals surface area contributed by atoms with Gasteiger partial charge in [-0.15, -0.1) is 11.8 Å². The van der Waals surface area contributed by atoms with Crippen LogP contribution in [0.5, 0.6) is 0 Å². The summed E-state index contributed by atoms with van der Waals surface area (Å²) in [6, 6.07) is 23.2. The SMILES string of the molecule is Cc1ccc(CSC(Nc2cc(Cl)ccc2C)=C(C#N)S(=O)(=O)c2ccccc2)cc1. The zero-order chi connectivity index (χ0) is 22.4. The first-order valence-corrected chi connectivity index (χ1v) is 12.3. The van der Waals surface area contributed by atoms with Crippen LogP contribution in [-0.4, -0.2) is 8.42 Å². The minimum Gasteiger partial charge on any atom is -0.348 e. The van der Waals surface area contributed by atoms with E-state index in [4.69, 9.17) is 11.6 Å². The van der Waals surface area contributed by atoms with E-state index in [0.717, 1.165) is 16.7 Å². The Hall–Kier alpha value is -2.72. The lowest BCUT2D eigenvalue weighted by Gasteiger charge is -2.16. The van der Waals surface area contributed by atoms with E-state index >= 15 is 0 Å². The third kappa shape index (κ3) is 5.71. The highest BCUT2D eigenvalue weighted by atomic mass is 35.5. The van der Waals surface area contributed by atoms with Gasteiger partial charge in [0.25, 0.3) is 0 Å². The van der Waals surface area contributed by atoms with Crippen molar-refractivity contribution in [3.8, 4) is 6.07 Å². The number of aryl methyl sites for hydroxylation is 2. The zero-order valence-corrected chi connectivity index (χ0v) is 19.5. The fourth-order valence-electron chi connectivity index (χ4n) is 2.80. The van der Waals surface area contributed by atoms with E-state index in [1.165, 1.54) is 23.9 Å². The molecular formula is C24H21ClN2O2S2. The van der Waals surface area contributed by atoms with Crippen molar-refractivity contribution in [2.45, 2.75) is 24.5 Å². The van der Waals surface area contributed by atoms with Crippen molar-refractivity contribution >= 4 is 38.9 Å². The molecule has 158 valence electrons. The third-order valence-electron chi connectivity index (χ3n) is 4.58. The minimum absolute atomic E-state index is 0.0737. The summed E-state index contributed by atoms with van der Waals surface area (Å²) in [5.74, 6) is 0.498. The summed E-state index contributed by atoms with van der Waals surface area (Å²) in [5.41, 5.74) is 3.69. The number of hydrogen-bond acceptors (Lipinski definition) is 5. The molecule has 1 N–H and O–H groups in total. The number of hydrogen-bond donors (Lipinski definition) is 1. The van der Waals surface area contributed by atoms with Crippen LogP contribution in [0.1, 0.15) is 16.7 Å². The lowest BCUT2D eigenvalue weighted by atomic mass is 10.2. The summed E-state index contributed by atoms with van der Waals surface area (Å²) in [4.78, 5) is -0.250. The Morgan fingerprint density at radius 2 is 1.71 bits per heavy atom. The van der Waals surface area contributed by atoms with Crippen molar-refractivity contribution < 1.29 is 8.42 Å². The molecule has 0 unspecified atom stereocenters. The Morgan fingerprint density at radius 1 is 1.03 bits per heavy atom. The largest absolute Gasteiger partial charge is 0.348 e. The fraction of sp³-hybridized carbons (Fsp3) is 0.125. The van der Waals surface area contributed by atoms with Gasteiger partial charge < -0.3 is 5.32 Å². The number of allylic oxidation sites excluding steroid dienone is 1. The number of rotatable bonds is 7. The second kappa shape index (κ2) is 10.1. The van der Waals surface area contributed by atoms with E-state index in [9.17, 15) is 13.7 Å². The number of nitrogens with zero attached hydrogens (tertiary/aromatic N) is 1. The molecule has 3 rings (SSSR count). The Labute approximate surface area is 192 Å². The van der Waals surface area contributed by atoms with E-state index in [0.29, 0.717) is 16.5 Å². The molecule has 0 saturated heterocycles. The Kier molecular flexibility index (Phi) is 7.45. The van der Waals surface area contributed by atoms with Gasteiger partial charge in [-0.2, -0.15) is 5.26 Å². The Bertz CT molecular complexity index is 1250. The summed E-state index contributed by atoms with van der Waals surface area (Å²) in [6.45, 7) is 3.89. The van der Waals surface area contributed by atoms with Gasteiger partial charge in [-0.25, -0.2) is 8.42 Å². The second-order valence-electron chi connectivity index (χ2n) is 6.95. The lowest BCUT2D eigenvalue weighted by molar-refractivity contribution is 0.603. The smallest absolute Gasteiger partial charge is 0.219 e. The molecule has 7 heteroatoms. The fourth-order valence-corrected chi connectivity index (χ4v) is 5.51. The van der Waals surface area contributed by atoms with Gasteiger partial charge in [0.15, 0.2) is 4.91 Å². The van der Waals surface area contributed by atoms with Crippen LogP contribution in [0.25, 0.3) is 0 Å². The van der Waals surface area contributed by atoms with E-state index in [1.807, 2.05) is 50.2 Å². The molecule has 0 aliphatic heterocycles. The minimum atomic E-state index is -4.00. The number of nitrogens with one attached hydrogen (secondary N) is 1. The van der Waals surface area contributed by atoms with Crippen LogP contribution in [0, 0.1) is 25.2 Å². The summed E-state index contributed by atoms with van der Waals surface area (Å²) in [5, 5.41) is 13.8. The highest BCUT2D eigenvalue weighted by Gasteiger charge is 2.25. The molecule has 0 heterocycles. The van der Waals surface area contributed by atoms with Gasteiger partial charge >= 0.3 is 0 Å². The van der Waals surface area contributed by atoms with Gasteiger partial charge in [0.2, 0.25) is 9.84 Å². The maximum Gasteiger partial charge on any atom is 0.219 e. The maximum absolute atomic E-state index is 13.2. The second-order valence-corrected chi connectivity index (χ2v) is 10.3. The molecule has 0 aliphatic carbocycles. The molecule has 31 heavy (non-hydrogen) atoms. The number of anilines is 1. The van der Waals surface area contributed by atoms with Gasteiger partial charge in [-0.1, -0.05) is 65.7 Å². The molecule has 0 fully saturated rings. The van der Waals surface area contributed by atoms with Gasteiger partial charge in [0, 0.05) is 16.5 Å². The van der Waals surface area contributed by atoms with Crippen molar-refractivity contribution in [2.75, 3.05) is 5.32 Å². The normalized spacial score (nSPS) is 12.1. The maximum atomic E-state index is 13.2. The Balaban J connectivity index is 2.07. The monoisotopic (exact) mass is 468 g/mol. The number of sulfone groups is 1. The quantitative estimate of drug-likeness (QED) is 0.402. The number of benzene rings is 3. The van der Waals surface area contributed by atoms with E-state index < -0.39 is 9.84 Å². The molecule has 0 bridgehead atoms. The highest BCUT2D eigenvalue weighted by Crippen LogP contribution is 2.33. The van der Waals surface area contributed by atoms with Crippen LogP contribution >= 0.6 is 23.4 Å². The summed E-state index contributed by atoms with van der Waals surface area (Å²) < 4.78 is 26.5. The first-order chi connectivity index (χ1) is 14.8. The number of thioether (sulfide) groups is 1. The zero-order valence-electron chi connectivity index (χ0n) is 17.1. The predicted molar refractivity (Wildman–Crippen MR) is 129 cm³/mol. The van der Waals surface area contributed by atoms with Crippen molar-refractivity contribution in [1.82, 2.24) is 0 Å². The van der Waals surface area contributed by atoms with Gasteiger partial charge in [0.05, 0.1) is 4.90 Å². The van der Waals surface area contributed by atoms with Crippen molar-refractivity contribution in [2.24, 2.45) is 0 Å². The first kappa shape index (κ1) is 23.0. The van der Waals surface area contributed by atoms with Crippen LogP contribution < -0.4 is 5.32 Å². The van der Waals surface area contributed by atoms with E-state index in [2.05, 4.69) is 5.32 Å². The lowest BCUT2D eigenvalue weighted by Crippen LogP contribution is -2.10. The summed E-state index contributed by atoms with van der Waals surface area (Å²) >= 11 is 7.41. The standard InChI is InChI=1S/C24H21ClN2O2S2/c1-17-8-11-19(12-9-17)16-30-24(27-22-14-20(25)13-10-18(22)2)23(15-26)31(28,29)21-6-4-3-5-7-21/h3-14,27H,16H2,1-2H3. The molecule has 0 radical (unpaired) electrons. The van der Waals surface area contributed by atoms with Crippen LogP contribution in [0.3, 0.4) is 0 Å². The molecule has 3 aromatic rings. The van der Waals surface area contributed by atoms with Crippen LogP contribution in [0.4, 0.5) is 5.69 Å². The van der Waals surface area contributed by atoms with Gasteiger partial charge in [0.1, 0.15) is 11.1 Å². The van der Waals surface area contributed by atoms with Crippen LogP contribution in [-0.2, 0) is 15.6 Å². The molecule has 3 aromatic carbocycles. The van der Waals surface area contributed by atoms with Crippen molar-refractivity contribution in [3.63, 3.8) is 0 Å². The highest BCUT2D eigenvalue weighted by molar-refractivity contribution is 8.04. The number of halogens is 1. The first-order valence-electron chi connectivity index (χ1n) is 9.47. The third-order valence-corrected chi connectivity index (χ3v) is 7.74. The Morgan fingerprint density at radius 3 is 2.35 bits per heavy atom. The molecule has 0 amide bonds. The van der Waals surface area contributed by atoms with E-state index in [-0.39, 0.29) is 14.8 Å². The molecule has 0 aromatic heterocycles. The molecular weight excluding hydrogens is 448 g/mol. The predicted octanol–water partition coefficient (Wildman–Crippen LogP) is 6.47. The number of nitriles is 1. The van der Waals surface area contributed by atoms with Crippen molar-refractivity contribution in [3.05, 3.63) is 104 Å². The molecule has 0 atom stereocenters. The van der Waals surface area contributed by atoms with Crippen LogP contribution in [0.2, 0.25) is 5.02 Å². The summed E-state index contributed by atoms with van der Waals surface area (Å²) in [7, 11) is -4.00. The average molecular weight is 469 g/mol. The molecule has 0 saturated carbocycles. The molecule has 0 spiro atoms. The van der Waals surface area contributed by atoms with Gasteiger partial charge in [-0.3, -0.25) is 0 Å².